The lowest BCUT2D eigenvalue weighted by atomic mass is 9.94. The molecule has 0 aliphatic rings. The molecular weight excluding hydrogens is 659 g/mol. The Labute approximate surface area is 311 Å². The molecule has 0 unspecified atom stereocenters. The van der Waals surface area contributed by atoms with E-state index in [4.69, 9.17) is 4.98 Å². The lowest BCUT2D eigenvalue weighted by Crippen LogP contribution is -2.06. The van der Waals surface area contributed by atoms with E-state index in [-0.39, 0.29) is 0 Å². The van der Waals surface area contributed by atoms with E-state index in [0.717, 1.165) is 82.8 Å². The first-order chi connectivity index (χ1) is 26.7. The van der Waals surface area contributed by atoms with Crippen LogP contribution in [-0.2, 0) is 0 Å². The van der Waals surface area contributed by atoms with Gasteiger partial charge < -0.3 is 9.13 Å². The van der Waals surface area contributed by atoms with Crippen molar-refractivity contribution >= 4 is 43.6 Å². The molecule has 0 saturated carbocycles. The molecule has 0 radical (unpaired) electrons. The molecule has 5 heteroatoms. The van der Waals surface area contributed by atoms with Crippen LogP contribution < -0.4 is 0 Å². The smallest absolute Gasteiger partial charge is 0.101 e. The van der Waals surface area contributed by atoms with E-state index in [0.29, 0.717) is 16.7 Å². The van der Waals surface area contributed by atoms with Crippen molar-refractivity contribution in [3.8, 4) is 56.9 Å². The quantitative estimate of drug-likeness (QED) is 0.181. The first-order valence-corrected chi connectivity index (χ1v) is 17.8. The van der Waals surface area contributed by atoms with Gasteiger partial charge in [-0.15, -0.1) is 0 Å². The summed E-state index contributed by atoms with van der Waals surface area (Å²) >= 11 is 0. The monoisotopic (exact) mass is 687 g/mol. The Kier molecular flexibility index (Phi) is 7.18. The Morgan fingerprint density at radius 3 is 1.39 bits per heavy atom. The fourth-order valence-corrected chi connectivity index (χ4v) is 8.11. The van der Waals surface area contributed by atoms with Gasteiger partial charge in [0.05, 0.1) is 57.0 Å². The molecule has 3 heterocycles. The molecule has 5 nitrogen and oxygen atoms in total. The van der Waals surface area contributed by atoms with E-state index in [2.05, 4.69) is 155 Å². The van der Waals surface area contributed by atoms with Crippen molar-refractivity contribution < 1.29 is 0 Å². The molecule has 250 valence electrons. The van der Waals surface area contributed by atoms with E-state index >= 15 is 0 Å². The third-order valence-electron chi connectivity index (χ3n) is 10.5. The van der Waals surface area contributed by atoms with Gasteiger partial charge in [-0.05, 0) is 64.7 Å². The molecule has 0 N–H and O–H groups in total. The summed E-state index contributed by atoms with van der Waals surface area (Å²) in [5.41, 5.74) is 12.4. The van der Waals surface area contributed by atoms with Gasteiger partial charge in [-0.25, -0.2) is 0 Å². The Morgan fingerprint density at radius 2 is 0.889 bits per heavy atom. The van der Waals surface area contributed by atoms with Crippen LogP contribution in [0.15, 0.2) is 176 Å². The maximum atomic E-state index is 10.7. The summed E-state index contributed by atoms with van der Waals surface area (Å²) in [4.78, 5) is 4.95. The van der Waals surface area contributed by atoms with Gasteiger partial charge in [0.15, 0.2) is 0 Å². The van der Waals surface area contributed by atoms with Gasteiger partial charge in [0.2, 0.25) is 0 Å². The number of aromatic nitrogens is 3. The van der Waals surface area contributed by atoms with Gasteiger partial charge in [0.25, 0.3) is 0 Å². The average Bonchev–Trinajstić information content (AvgIpc) is 3.75. The second-order valence-electron chi connectivity index (χ2n) is 13.4. The summed E-state index contributed by atoms with van der Waals surface area (Å²) in [7, 11) is 0. The lowest BCUT2D eigenvalue weighted by Gasteiger charge is -2.20. The highest BCUT2D eigenvalue weighted by Crippen LogP contribution is 2.43. The minimum Gasteiger partial charge on any atom is -0.307 e. The molecule has 0 aliphatic carbocycles. The van der Waals surface area contributed by atoms with Crippen molar-refractivity contribution in [2.75, 3.05) is 0 Å². The molecule has 7 aromatic carbocycles. The van der Waals surface area contributed by atoms with Gasteiger partial charge in [0.1, 0.15) is 12.1 Å². The number of para-hydroxylation sites is 2. The predicted octanol–water partition coefficient (Wildman–Crippen LogP) is 12.0. The maximum absolute atomic E-state index is 10.7. The van der Waals surface area contributed by atoms with Crippen LogP contribution in [0.25, 0.3) is 88.4 Å². The number of hydrogen-bond acceptors (Lipinski definition) is 3. The Morgan fingerprint density at radius 1 is 0.407 bits per heavy atom. The first-order valence-electron chi connectivity index (χ1n) is 17.8. The second-order valence-corrected chi connectivity index (χ2v) is 13.4. The molecule has 0 spiro atoms. The molecule has 10 rings (SSSR count). The molecule has 0 aliphatic heterocycles. The predicted molar refractivity (Wildman–Crippen MR) is 219 cm³/mol. The van der Waals surface area contributed by atoms with Crippen molar-refractivity contribution in [1.29, 1.82) is 10.5 Å². The fourth-order valence-electron chi connectivity index (χ4n) is 8.11. The summed E-state index contributed by atoms with van der Waals surface area (Å²) in [6.45, 7) is 0. The van der Waals surface area contributed by atoms with Crippen molar-refractivity contribution in [3.05, 3.63) is 187 Å². The second kappa shape index (κ2) is 12.5. The van der Waals surface area contributed by atoms with Crippen LogP contribution in [0.2, 0.25) is 0 Å². The fraction of sp³-hybridized carbons (Fsp3) is 0. The number of fused-ring (bicyclic) bond motifs is 6. The van der Waals surface area contributed by atoms with E-state index < -0.39 is 0 Å². The number of benzene rings is 7. The molecule has 10 aromatic rings. The third kappa shape index (κ3) is 4.74. The van der Waals surface area contributed by atoms with Gasteiger partial charge in [0, 0.05) is 32.7 Å². The zero-order valence-electron chi connectivity index (χ0n) is 29.0. The number of hydrogen-bond donors (Lipinski definition) is 0. The topological polar surface area (TPSA) is 70.3 Å². The van der Waals surface area contributed by atoms with Crippen LogP contribution in [0, 0.1) is 22.7 Å². The van der Waals surface area contributed by atoms with Gasteiger partial charge >= 0.3 is 0 Å². The van der Waals surface area contributed by atoms with E-state index in [1.54, 1.807) is 6.07 Å². The highest BCUT2D eigenvalue weighted by molar-refractivity contribution is 6.13. The summed E-state index contributed by atoms with van der Waals surface area (Å²) in [5, 5.41) is 25.3. The minimum absolute atomic E-state index is 0.327. The SMILES string of the molecule is N#Cc1cccc(-c2c(-n3c4ccccc4c4cc(-c5ccccc5)ccc43)cncc2-n2c3ccccc3c3cc(-c4ccccc4)ccc32)c1C#N. The summed E-state index contributed by atoms with van der Waals surface area (Å²) in [6.07, 6.45) is 3.77. The lowest BCUT2D eigenvalue weighted by molar-refractivity contribution is 1.09. The molecule has 0 fully saturated rings. The van der Waals surface area contributed by atoms with Crippen LogP contribution in [0.3, 0.4) is 0 Å². The molecule has 0 bridgehead atoms. The van der Waals surface area contributed by atoms with Gasteiger partial charge in [-0.3, -0.25) is 4.98 Å². The standard InChI is InChI=1S/C49H29N5/c50-28-36-16-11-19-39(42(36)29-51)49-47(53-43-20-9-7-17-37(43)40-26-34(22-24-45(40)53)32-12-3-1-4-13-32)30-52-31-48(49)54-44-21-10-8-18-38(44)41-27-35(23-25-46(41)54)33-14-5-2-6-15-33/h1-27,30-31H. The normalized spacial score (nSPS) is 11.3. The molecule has 0 amide bonds. The highest BCUT2D eigenvalue weighted by Gasteiger charge is 2.25. The Hall–Kier alpha value is -7.73. The Bertz CT molecular complexity index is 3000. The zero-order valence-corrected chi connectivity index (χ0v) is 29.0. The van der Waals surface area contributed by atoms with E-state index in [1.165, 1.54) is 0 Å². The van der Waals surface area contributed by atoms with Crippen LogP contribution in [0.1, 0.15) is 11.1 Å². The number of pyridine rings is 1. The van der Waals surface area contributed by atoms with Crippen molar-refractivity contribution in [3.63, 3.8) is 0 Å². The maximum Gasteiger partial charge on any atom is 0.101 e. The van der Waals surface area contributed by atoms with E-state index in [1.807, 2.05) is 36.7 Å². The number of rotatable bonds is 5. The molecule has 0 saturated heterocycles. The number of nitrogens with zero attached hydrogens (tertiary/aromatic N) is 5. The third-order valence-corrected chi connectivity index (χ3v) is 10.5. The minimum atomic E-state index is 0.327. The first kappa shape index (κ1) is 31.0. The molecule has 54 heavy (non-hydrogen) atoms. The van der Waals surface area contributed by atoms with Gasteiger partial charge in [-0.2, -0.15) is 10.5 Å². The number of nitriles is 2. The van der Waals surface area contributed by atoms with Crippen molar-refractivity contribution in [2.24, 2.45) is 0 Å². The largest absolute Gasteiger partial charge is 0.307 e. The van der Waals surface area contributed by atoms with Crippen LogP contribution in [0.4, 0.5) is 0 Å². The van der Waals surface area contributed by atoms with Gasteiger partial charge in [-0.1, -0.05) is 121 Å². The molecule has 3 aromatic heterocycles. The van der Waals surface area contributed by atoms with Crippen LogP contribution in [-0.4, -0.2) is 14.1 Å². The summed E-state index contributed by atoms with van der Waals surface area (Å²) < 4.78 is 4.51. The molecule has 0 atom stereocenters. The Balaban J connectivity index is 1.33. The summed E-state index contributed by atoms with van der Waals surface area (Å²) in [5.74, 6) is 0. The highest BCUT2D eigenvalue weighted by atomic mass is 15.0. The van der Waals surface area contributed by atoms with Crippen molar-refractivity contribution in [1.82, 2.24) is 14.1 Å². The zero-order chi connectivity index (χ0) is 36.2. The van der Waals surface area contributed by atoms with Crippen LogP contribution >= 0.6 is 0 Å². The van der Waals surface area contributed by atoms with E-state index in [9.17, 15) is 10.5 Å². The average molecular weight is 688 g/mol. The molecular formula is C49H29N5. The summed E-state index contributed by atoms with van der Waals surface area (Å²) in [6, 6.07) is 61.1. The van der Waals surface area contributed by atoms with Crippen LogP contribution in [0.5, 0.6) is 0 Å². The van der Waals surface area contributed by atoms with Crippen molar-refractivity contribution in [2.45, 2.75) is 0 Å².